The summed E-state index contributed by atoms with van der Waals surface area (Å²) in [5.74, 6) is -0.980. The van der Waals surface area contributed by atoms with Gasteiger partial charge in [-0.15, -0.1) is 0 Å². The number of carbonyl (C=O) groups is 1. The highest BCUT2D eigenvalue weighted by Gasteiger charge is 2.07. The van der Waals surface area contributed by atoms with Crippen molar-refractivity contribution in [1.29, 1.82) is 1.43 Å². The topological polar surface area (TPSA) is 49.3 Å². The van der Waals surface area contributed by atoms with E-state index < -0.39 is 30.8 Å². The van der Waals surface area contributed by atoms with Crippen LogP contribution in [-0.2, 0) is 4.79 Å². The molecule has 0 fully saturated rings. The molecule has 0 radical (unpaired) electrons. The second kappa shape index (κ2) is 4.34. The fraction of sp³-hybridized carbons (Fsp3) is 0.875. The van der Waals surface area contributed by atoms with Crippen molar-refractivity contribution in [2.75, 3.05) is 6.50 Å². The van der Waals surface area contributed by atoms with Crippen molar-refractivity contribution in [2.24, 2.45) is 0 Å². The normalized spacial score (nSPS) is 22.4. The zero-order valence-electron chi connectivity index (χ0n) is 12.0. The third-order valence-corrected chi connectivity index (χ3v) is 0.760. The van der Waals surface area contributed by atoms with Crippen LogP contribution in [0, 0.1) is 0 Å². The van der Waals surface area contributed by atoms with Crippen LogP contribution in [0.25, 0.3) is 1.43 Å². The van der Waals surface area contributed by atoms with E-state index in [4.69, 9.17) is 6.96 Å². The maximum Gasteiger partial charge on any atom is 0.303 e. The van der Waals surface area contributed by atoms with Gasteiger partial charge < -0.3 is 10.4 Å². The molecule has 0 aromatic carbocycles. The molecule has 0 saturated carbocycles. The van der Waals surface area contributed by atoms with Crippen molar-refractivity contribution in [1.82, 2.24) is 5.31 Å². The lowest BCUT2D eigenvalue weighted by molar-refractivity contribution is -0.137. The number of hydrogen-bond donors (Lipinski definition) is 2. The summed E-state index contributed by atoms with van der Waals surface area (Å²) < 4.78 is 36.6. The number of aliphatic carboxylic acids is 1. The molecule has 1 atom stereocenters. The number of rotatable bonds is 4. The van der Waals surface area contributed by atoms with E-state index in [1.165, 1.54) is 0 Å². The molecule has 0 aromatic rings. The van der Waals surface area contributed by atoms with Crippen molar-refractivity contribution in [3.8, 4) is 0 Å². The van der Waals surface area contributed by atoms with Crippen molar-refractivity contribution < 1.29 is 15.4 Å². The van der Waals surface area contributed by atoms with Gasteiger partial charge in [-0.3, -0.25) is 4.79 Å². The molecule has 0 aliphatic carbocycles. The monoisotopic (exact) mass is 164 g/mol. The molecule has 0 bridgehead atoms. The SMILES string of the molecule is [2H]OC(=O)CC([2H])C([2H])([2H])N([2H])C(C)(C)C. The van der Waals surface area contributed by atoms with Crippen LogP contribution >= 0.6 is 0 Å². The first-order chi connectivity index (χ1) is 7.03. The number of hydrogen-bond acceptors (Lipinski definition) is 3. The lowest BCUT2D eigenvalue weighted by Gasteiger charge is -2.19. The van der Waals surface area contributed by atoms with E-state index >= 15 is 0 Å². The molecule has 0 aliphatic rings. The molecular formula is C8H17NO2. The van der Waals surface area contributed by atoms with E-state index in [-0.39, 0.29) is 0 Å². The Bertz CT molecular complexity index is 253. The lowest BCUT2D eigenvalue weighted by Crippen LogP contribution is -2.36. The first-order valence-corrected chi connectivity index (χ1v) is 3.41. The fourth-order valence-corrected chi connectivity index (χ4v) is 0.368. The Balaban J connectivity index is 4.71. The van der Waals surface area contributed by atoms with Crippen LogP contribution in [0.2, 0.25) is 1.41 Å². The van der Waals surface area contributed by atoms with Crippen molar-refractivity contribution in [3.63, 3.8) is 0 Å². The largest absolute Gasteiger partial charge is 0.481 e. The molecule has 0 saturated heterocycles. The standard InChI is InChI=1S/C8H17NO2/c1-8(2,3)9-6-4-5-7(10)11/h9H,4-6H2,1-3H3,(H,10,11)/i4D,6D2/hD2. The molecule has 3 nitrogen and oxygen atoms in total. The number of nitrogens with one attached hydrogen (secondary N) is 1. The van der Waals surface area contributed by atoms with Gasteiger partial charge in [-0.2, -0.15) is 0 Å². The minimum absolute atomic E-state index is 0.554. The predicted molar refractivity (Wildman–Crippen MR) is 44.6 cm³/mol. The Labute approximate surface area is 75.0 Å². The van der Waals surface area contributed by atoms with Crippen LogP contribution in [0.4, 0.5) is 0 Å². The second-order valence-corrected chi connectivity index (χ2v) is 3.19. The van der Waals surface area contributed by atoms with E-state index in [2.05, 4.69) is 5.11 Å². The molecular weight excluding hydrogens is 142 g/mol. The maximum absolute atomic E-state index is 10.8. The van der Waals surface area contributed by atoms with Gasteiger partial charge in [0.25, 0.3) is 1.43 Å². The highest BCUT2D eigenvalue weighted by atomic mass is 16.4. The van der Waals surface area contributed by atoms with Gasteiger partial charge in [0.2, 0.25) is 0 Å². The van der Waals surface area contributed by atoms with Gasteiger partial charge in [0, 0.05) is 16.1 Å². The zero-order chi connectivity index (χ0) is 13.1. The molecule has 0 rings (SSSR count). The molecule has 0 heterocycles. The summed E-state index contributed by atoms with van der Waals surface area (Å²) in [6.45, 7) is 2.61. The summed E-state index contributed by atoms with van der Waals surface area (Å²) in [7, 11) is 0. The van der Waals surface area contributed by atoms with Gasteiger partial charge in [-0.1, -0.05) is 0 Å². The van der Waals surface area contributed by atoms with Crippen LogP contribution in [0.15, 0.2) is 0 Å². The van der Waals surface area contributed by atoms with Crippen molar-refractivity contribution in [2.45, 2.75) is 39.1 Å². The van der Waals surface area contributed by atoms with E-state index in [1.54, 1.807) is 20.8 Å². The quantitative estimate of drug-likeness (QED) is 0.657. The molecule has 1 unspecified atom stereocenters. The molecule has 0 spiro atoms. The second-order valence-electron chi connectivity index (χ2n) is 3.19. The average molecular weight is 164 g/mol. The first kappa shape index (κ1) is 4.45. The molecule has 0 aliphatic heterocycles. The highest BCUT2D eigenvalue weighted by Crippen LogP contribution is 1.98. The van der Waals surface area contributed by atoms with Crippen molar-refractivity contribution >= 4 is 5.97 Å². The summed E-state index contributed by atoms with van der Waals surface area (Å²) in [4.78, 5) is 10.8. The van der Waals surface area contributed by atoms with E-state index in [0.717, 1.165) is 0 Å². The van der Waals surface area contributed by atoms with Crippen molar-refractivity contribution in [3.05, 3.63) is 0 Å². The highest BCUT2D eigenvalue weighted by molar-refractivity contribution is 5.66. The molecule has 2 N–H and O–H groups in total. The summed E-state index contributed by atoms with van der Waals surface area (Å²) in [6, 6.07) is 0. The van der Waals surface area contributed by atoms with Gasteiger partial charge in [0.1, 0.15) is 1.41 Å². The zero-order valence-corrected chi connectivity index (χ0v) is 7.05. The van der Waals surface area contributed by atoms with Crippen LogP contribution in [-0.4, -0.2) is 23.1 Å². The van der Waals surface area contributed by atoms with Crippen LogP contribution in [0.1, 0.15) is 37.7 Å². The number of carboxylic acids is 1. The number of carboxylic acid groups (broad SMARTS) is 1. The van der Waals surface area contributed by atoms with Crippen LogP contribution in [0.3, 0.4) is 0 Å². The fourth-order valence-electron chi connectivity index (χ4n) is 0.368. The summed E-state index contributed by atoms with van der Waals surface area (Å²) >= 11 is 0. The van der Waals surface area contributed by atoms with Gasteiger partial charge >= 0.3 is 5.97 Å². The Kier molecular flexibility index (Phi) is 1.76. The maximum atomic E-state index is 10.8. The predicted octanol–water partition coefficient (Wildman–Crippen LogP) is 1.24. The van der Waals surface area contributed by atoms with E-state index in [1.807, 2.05) is 0 Å². The summed E-state index contributed by atoms with van der Waals surface area (Å²) in [5, 5.41) is 4.27. The smallest absolute Gasteiger partial charge is 0.303 e. The average Bonchev–Trinajstić information content (AvgIpc) is 2.14. The Hall–Kier alpha value is -0.570. The minimum atomic E-state index is -2.29. The minimum Gasteiger partial charge on any atom is -0.481 e. The molecule has 66 valence electrons. The Morgan fingerprint density at radius 1 is 1.82 bits per heavy atom. The van der Waals surface area contributed by atoms with Crippen LogP contribution < -0.4 is 5.31 Å². The lowest BCUT2D eigenvalue weighted by atomic mass is 10.1. The van der Waals surface area contributed by atoms with Gasteiger partial charge in [0.05, 0.1) is 0 Å². The van der Waals surface area contributed by atoms with Gasteiger partial charge in [-0.05, 0) is 33.7 Å². The van der Waals surface area contributed by atoms with Gasteiger partial charge in [-0.25, -0.2) is 0 Å². The molecule has 0 amide bonds. The summed E-state index contributed by atoms with van der Waals surface area (Å²) in [5.41, 5.74) is -0.784. The Morgan fingerprint density at radius 2 is 2.45 bits per heavy atom. The summed E-state index contributed by atoms with van der Waals surface area (Å²) in [6.07, 6.45) is -2.02. The van der Waals surface area contributed by atoms with E-state index in [0.29, 0.717) is 5.31 Å². The van der Waals surface area contributed by atoms with Gasteiger partial charge in [0.15, 0.2) is 0 Å². The molecule has 0 aromatic heterocycles. The third kappa shape index (κ3) is 9.43. The molecule has 11 heavy (non-hydrogen) atoms. The molecule has 3 heteroatoms. The van der Waals surface area contributed by atoms with E-state index in [9.17, 15) is 4.79 Å². The first-order valence-electron chi connectivity index (χ1n) is 5.84. The Morgan fingerprint density at radius 3 is 2.91 bits per heavy atom. The third-order valence-electron chi connectivity index (χ3n) is 0.760. The van der Waals surface area contributed by atoms with Crippen LogP contribution in [0.5, 0.6) is 0 Å².